The highest BCUT2D eigenvalue weighted by atomic mass is 19.1. The van der Waals surface area contributed by atoms with Gasteiger partial charge < -0.3 is 19.2 Å². The monoisotopic (exact) mass is 755 g/mol. The molecule has 4 aliphatic heterocycles. The third-order valence-corrected chi connectivity index (χ3v) is 12.9. The number of aromatic nitrogens is 1. The Hall–Kier alpha value is -5.54. The summed E-state index contributed by atoms with van der Waals surface area (Å²) < 4.78 is 21.0. The zero-order valence-electron chi connectivity index (χ0n) is 32.1. The minimum atomic E-state index is -0.727. The number of likely N-dealkylation sites (tertiary alicyclic amines) is 1. The first-order chi connectivity index (χ1) is 27.0. The molecule has 0 bridgehead atoms. The van der Waals surface area contributed by atoms with Gasteiger partial charge in [-0.15, -0.1) is 0 Å². The number of halogens is 1. The summed E-state index contributed by atoms with van der Waals surface area (Å²) in [6.45, 7) is 10.5. The summed E-state index contributed by atoms with van der Waals surface area (Å²) in [5.74, 6) is -0.350. The third-order valence-electron chi connectivity index (χ3n) is 12.9. The van der Waals surface area contributed by atoms with Gasteiger partial charge in [0.15, 0.2) is 0 Å². The molecule has 1 aromatic heterocycles. The molecule has 4 fully saturated rings. The van der Waals surface area contributed by atoms with Gasteiger partial charge in [-0.2, -0.15) is 5.26 Å². The van der Waals surface area contributed by atoms with E-state index in [4.69, 9.17) is 4.52 Å². The average molecular weight is 756 g/mol. The first kappa shape index (κ1) is 36.1. The fraction of sp³-hybridized carbons (Fsp3) is 0.432. The molecular formula is C44H46FN7O4. The maximum Gasteiger partial charge on any atom is 0.255 e. The zero-order chi connectivity index (χ0) is 38.9. The van der Waals surface area contributed by atoms with E-state index in [-0.39, 0.29) is 36.6 Å². The largest absolute Gasteiger partial charge is 0.366 e. The van der Waals surface area contributed by atoms with Crippen molar-refractivity contribution < 1.29 is 23.3 Å². The van der Waals surface area contributed by atoms with Crippen molar-refractivity contribution in [2.75, 3.05) is 42.5 Å². The normalized spacial score (nSPS) is 21.1. The summed E-state index contributed by atoms with van der Waals surface area (Å²) in [7, 11) is 0. The number of rotatable bonds is 9. The second-order valence-corrected chi connectivity index (χ2v) is 16.5. The second kappa shape index (κ2) is 13.9. The van der Waals surface area contributed by atoms with Crippen LogP contribution in [0.2, 0.25) is 0 Å². The number of nitrogens with one attached hydrogen (secondary N) is 1. The Morgan fingerprint density at radius 3 is 2.41 bits per heavy atom. The van der Waals surface area contributed by atoms with E-state index >= 15 is 4.39 Å². The van der Waals surface area contributed by atoms with Gasteiger partial charge >= 0.3 is 0 Å². The van der Waals surface area contributed by atoms with Crippen LogP contribution in [0, 0.1) is 43.8 Å². The van der Waals surface area contributed by atoms with Crippen molar-refractivity contribution >= 4 is 34.8 Å². The van der Waals surface area contributed by atoms with Crippen LogP contribution in [0.15, 0.2) is 59.1 Å². The molecule has 12 heteroatoms. The number of aryl methyl sites for hydroxylation is 3. The molecule has 3 aromatic carbocycles. The van der Waals surface area contributed by atoms with E-state index in [1.54, 1.807) is 6.07 Å². The van der Waals surface area contributed by atoms with Crippen molar-refractivity contribution in [2.24, 2.45) is 5.92 Å². The number of hydrogen-bond acceptors (Lipinski definition) is 9. The summed E-state index contributed by atoms with van der Waals surface area (Å²) in [5, 5.41) is 16.4. The van der Waals surface area contributed by atoms with Gasteiger partial charge in [0.25, 0.3) is 5.91 Å². The fourth-order valence-corrected chi connectivity index (χ4v) is 9.30. The molecule has 9 rings (SSSR count). The Bertz CT molecular complexity index is 2260. The lowest BCUT2D eigenvalue weighted by Crippen LogP contribution is -2.61. The molecule has 5 heterocycles. The van der Waals surface area contributed by atoms with E-state index in [2.05, 4.69) is 75.7 Å². The van der Waals surface area contributed by atoms with E-state index in [0.29, 0.717) is 41.9 Å². The second-order valence-electron chi connectivity index (χ2n) is 16.5. The Kier molecular flexibility index (Phi) is 8.96. The van der Waals surface area contributed by atoms with Crippen molar-refractivity contribution in [3.05, 3.63) is 94.1 Å². The highest BCUT2D eigenvalue weighted by molar-refractivity contribution is 6.05. The lowest BCUT2D eigenvalue weighted by molar-refractivity contribution is -0.136. The lowest BCUT2D eigenvalue weighted by Gasteiger charge is -2.49. The Morgan fingerprint density at radius 2 is 1.75 bits per heavy atom. The van der Waals surface area contributed by atoms with Crippen LogP contribution in [0.1, 0.15) is 77.0 Å². The van der Waals surface area contributed by atoms with Gasteiger partial charge in [-0.25, -0.2) is 4.39 Å². The van der Waals surface area contributed by atoms with Gasteiger partial charge in [0.2, 0.25) is 11.8 Å². The number of piperidine rings is 2. The van der Waals surface area contributed by atoms with E-state index in [1.165, 1.54) is 16.5 Å². The minimum absolute atomic E-state index is 0.178. The summed E-state index contributed by atoms with van der Waals surface area (Å²) >= 11 is 0. The molecule has 1 N–H and O–H groups in total. The standard InChI is InChI=1S/C44H46FN7O4/c1-26-4-5-30(41-27(2)48-56-28(41)3)18-38(26)51(33-8-6-32(7-9-33)44(25-46)14-15-44)21-29-12-16-49(17-13-29)34-23-50(24-34)39-19-31-22-52(43(55)35(31)20-36(39)45)37-10-11-40(53)47-42(37)54/h4-9,18-20,29,34,37H,10-17,21-24H2,1-3H3,(H,47,53,54). The third kappa shape index (κ3) is 6.32. The molecule has 288 valence electrons. The van der Waals surface area contributed by atoms with Crippen LogP contribution in [-0.2, 0) is 21.5 Å². The van der Waals surface area contributed by atoms with Crippen molar-refractivity contribution in [1.82, 2.24) is 20.3 Å². The van der Waals surface area contributed by atoms with Crippen molar-refractivity contribution in [1.29, 1.82) is 5.26 Å². The number of hydrogen-bond donors (Lipinski definition) is 1. The van der Waals surface area contributed by atoms with Crippen molar-refractivity contribution in [3.63, 3.8) is 0 Å². The topological polar surface area (TPSA) is 126 Å². The number of imide groups is 1. The van der Waals surface area contributed by atoms with Gasteiger partial charge in [-0.05, 0) is 124 Å². The van der Waals surface area contributed by atoms with Gasteiger partial charge in [0, 0.05) is 61.1 Å². The van der Waals surface area contributed by atoms with Crippen molar-refractivity contribution in [3.8, 4) is 17.2 Å². The van der Waals surface area contributed by atoms with E-state index in [1.807, 2.05) is 18.7 Å². The predicted octanol–water partition coefficient (Wildman–Crippen LogP) is 6.46. The van der Waals surface area contributed by atoms with E-state index in [0.717, 1.165) is 84.8 Å². The fourth-order valence-electron chi connectivity index (χ4n) is 9.30. The molecule has 3 amide bonds. The van der Waals surface area contributed by atoms with Crippen molar-refractivity contribution in [2.45, 2.75) is 83.3 Å². The molecular weight excluding hydrogens is 710 g/mol. The molecule has 1 unspecified atom stereocenters. The smallest absolute Gasteiger partial charge is 0.255 e. The van der Waals surface area contributed by atoms with Crippen LogP contribution in [0.4, 0.5) is 21.5 Å². The maximum atomic E-state index is 15.5. The summed E-state index contributed by atoms with van der Waals surface area (Å²) in [5.41, 5.74) is 8.65. The summed E-state index contributed by atoms with van der Waals surface area (Å²) in [6.07, 6.45) is 4.36. The van der Waals surface area contributed by atoms with E-state index in [9.17, 15) is 19.6 Å². The summed E-state index contributed by atoms with van der Waals surface area (Å²) in [4.78, 5) is 45.8. The Labute approximate surface area is 326 Å². The molecule has 0 spiro atoms. The number of nitrogens with zero attached hydrogens (tertiary/aromatic N) is 6. The molecule has 1 saturated carbocycles. The highest BCUT2D eigenvalue weighted by Crippen LogP contribution is 2.48. The summed E-state index contributed by atoms with van der Waals surface area (Å²) in [6, 6.07) is 20.4. The van der Waals surface area contributed by atoms with Crippen LogP contribution in [0.25, 0.3) is 11.1 Å². The SMILES string of the molecule is Cc1ccc(-c2c(C)noc2C)cc1N(CC1CCN(C2CN(c3cc4c(cc3F)C(=O)N(C3CCC(=O)NC3=O)C4)C2)CC1)c1ccc(C2(C#N)CC2)cc1. The van der Waals surface area contributed by atoms with Gasteiger partial charge in [-0.1, -0.05) is 29.4 Å². The number of nitriles is 1. The Morgan fingerprint density at radius 1 is 1.00 bits per heavy atom. The number of carbonyl (C=O) groups excluding carboxylic acids is 3. The van der Waals surface area contributed by atoms with E-state index < -0.39 is 17.8 Å². The number of anilines is 3. The van der Waals surface area contributed by atoms with Gasteiger partial charge in [-0.3, -0.25) is 24.6 Å². The average Bonchev–Trinajstić information content (AvgIpc) is 3.83. The highest BCUT2D eigenvalue weighted by Gasteiger charge is 2.45. The van der Waals surface area contributed by atoms with Crippen LogP contribution in [-0.4, -0.2) is 77.5 Å². The Balaban J connectivity index is 0.871. The molecule has 3 saturated heterocycles. The first-order valence-corrected chi connectivity index (χ1v) is 19.8. The quantitative estimate of drug-likeness (QED) is 0.192. The molecule has 0 radical (unpaired) electrons. The number of carbonyl (C=O) groups is 3. The molecule has 56 heavy (non-hydrogen) atoms. The van der Waals surface area contributed by atoms with Crippen LogP contribution >= 0.6 is 0 Å². The number of benzene rings is 3. The molecule has 1 aliphatic carbocycles. The lowest BCUT2D eigenvalue weighted by atomic mass is 9.92. The molecule has 4 aromatic rings. The molecule has 5 aliphatic rings. The van der Waals surface area contributed by atoms with Gasteiger partial charge in [0.05, 0.1) is 22.9 Å². The number of fused-ring (bicyclic) bond motifs is 1. The van der Waals surface area contributed by atoms with Gasteiger partial charge in [0.1, 0.15) is 17.6 Å². The molecule has 1 atom stereocenters. The number of amides is 3. The maximum absolute atomic E-state index is 15.5. The van der Waals surface area contributed by atoms with Crippen LogP contribution < -0.4 is 15.1 Å². The van der Waals surface area contributed by atoms with Crippen LogP contribution in [0.5, 0.6) is 0 Å². The zero-order valence-corrected chi connectivity index (χ0v) is 32.1. The van der Waals surface area contributed by atoms with Crippen LogP contribution in [0.3, 0.4) is 0 Å². The molecule has 11 nitrogen and oxygen atoms in total. The predicted molar refractivity (Wildman–Crippen MR) is 209 cm³/mol. The first-order valence-electron chi connectivity index (χ1n) is 19.8. The minimum Gasteiger partial charge on any atom is -0.366 e.